The molecule has 0 radical (unpaired) electrons. The van der Waals surface area contributed by atoms with E-state index in [0.29, 0.717) is 12.1 Å². The molecule has 24 heavy (non-hydrogen) atoms. The highest BCUT2D eigenvalue weighted by Gasteiger charge is 2.28. The Labute approximate surface area is 143 Å². The monoisotopic (exact) mass is 329 g/mol. The normalized spacial score (nSPS) is 16.5. The van der Waals surface area contributed by atoms with Crippen LogP contribution in [0.25, 0.3) is 11.0 Å². The van der Waals surface area contributed by atoms with Gasteiger partial charge in [0.05, 0.1) is 11.3 Å². The Kier molecular flexibility index (Phi) is 4.58. The minimum atomic E-state index is -0.0715. The van der Waals surface area contributed by atoms with Gasteiger partial charge in [-0.25, -0.2) is 4.98 Å². The Morgan fingerprint density at radius 1 is 1.29 bits per heavy atom. The van der Waals surface area contributed by atoms with Crippen molar-refractivity contribution in [2.45, 2.75) is 45.6 Å². The van der Waals surface area contributed by atoms with Crippen LogP contribution in [-0.2, 0) is 7.05 Å². The molecule has 3 heterocycles. The quantitative estimate of drug-likeness (QED) is 0.935. The first-order chi connectivity index (χ1) is 11.4. The van der Waals surface area contributed by atoms with Crippen LogP contribution in [0.1, 0.15) is 49.2 Å². The molecule has 0 spiro atoms. The molecule has 0 unspecified atom stereocenters. The maximum atomic E-state index is 12.5. The van der Waals surface area contributed by atoms with Gasteiger partial charge in [-0.15, -0.1) is 0 Å². The van der Waals surface area contributed by atoms with Gasteiger partial charge in [-0.05, 0) is 52.8 Å². The minimum Gasteiger partial charge on any atom is -0.350 e. The van der Waals surface area contributed by atoms with E-state index in [9.17, 15) is 4.79 Å². The minimum absolute atomic E-state index is 0.0299. The van der Waals surface area contributed by atoms with E-state index >= 15 is 0 Å². The van der Waals surface area contributed by atoms with E-state index in [1.165, 1.54) is 19.3 Å². The zero-order valence-electron chi connectivity index (χ0n) is 15.1. The number of fused-ring (bicyclic) bond motifs is 1. The molecule has 0 saturated carbocycles. The molecule has 6 heteroatoms. The lowest BCUT2D eigenvalue weighted by Gasteiger charge is -2.41. The van der Waals surface area contributed by atoms with Crippen molar-refractivity contribution in [1.82, 2.24) is 25.0 Å². The van der Waals surface area contributed by atoms with Gasteiger partial charge in [0.25, 0.3) is 5.91 Å². The van der Waals surface area contributed by atoms with Gasteiger partial charge in [0, 0.05) is 30.7 Å². The summed E-state index contributed by atoms with van der Waals surface area (Å²) in [5.41, 5.74) is 2.26. The third-order valence-corrected chi connectivity index (χ3v) is 5.02. The molecule has 1 N–H and O–H groups in total. The number of hydrogen-bond acceptors (Lipinski definition) is 4. The predicted molar refractivity (Wildman–Crippen MR) is 95.1 cm³/mol. The van der Waals surface area contributed by atoms with Crippen LogP contribution in [0, 0.1) is 6.92 Å². The summed E-state index contributed by atoms with van der Waals surface area (Å²) < 4.78 is 1.74. The lowest BCUT2D eigenvalue weighted by atomic mass is 9.98. The van der Waals surface area contributed by atoms with Crippen LogP contribution in [0.2, 0.25) is 0 Å². The molecule has 1 aliphatic heterocycles. The summed E-state index contributed by atoms with van der Waals surface area (Å²) in [6, 6.07) is 1.88. The fourth-order valence-corrected chi connectivity index (χ4v) is 3.44. The summed E-state index contributed by atoms with van der Waals surface area (Å²) in [6.45, 7) is 9.20. The summed E-state index contributed by atoms with van der Waals surface area (Å²) >= 11 is 0. The highest BCUT2D eigenvalue weighted by molar-refractivity contribution is 5.97. The number of amides is 1. The van der Waals surface area contributed by atoms with Crippen LogP contribution in [0.5, 0.6) is 0 Å². The lowest BCUT2D eigenvalue weighted by Crippen LogP contribution is -2.53. The van der Waals surface area contributed by atoms with E-state index in [4.69, 9.17) is 0 Å². The highest BCUT2D eigenvalue weighted by atomic mass is 16.1. The van der Waals surface area contributed by atoms with Gasteiger partial charge in [-0.1, -0.05) is 6.42 Å². The number of aromatic nitrogens is 3. The standard InChI is InChI=1S/C18H27N5O/c1-13-15-10-14(11-19-16(15)22(4)21-13)17(24)20-12-18(2,3)23-8-6-5-7-9-23/h10-11H,5-9,12H2,1-4H3,(H,20,24). The smallest absolute Gasteiger partial charge is 0.252 e. The van der Waals surface area contributed by atoms with Crippen molar-refractivity contribution in [3.8, 4) is 0 Å². The summed E-state index contributed by atoms with van der Waals surface area (Å²) in [5.74, 6) is -0.0715. The van der Waals surface area contributed by atoms with E-state index in [0.717, 1.165) is 29.8 Å². The fourth-order valence-electron chi connectivity index (χ4n) is 3.44. The number of nitrogens with zero attached hydrogens (tertiary/aromatic N) is 4. The molecule has 3 rings (SSSR count). The van der Waals surface area contributed by atoms with Gasteiger partial charge in [0.1, 0.15) is 0 Å². The number of carbonyl (C=O) groups excluding carboxylic acids is 1. The van der Waals surface area contributed by atoms with Crippen LogP contribution in [0.3, 0.4) is 0 Å². The van der Waals surface area contributed by atoms with Crippen LogP contribution < -0.4 is 5.32 Å². The van der Waals surface area contributed by atoms with Crippen molar-refractivity contribution in [2.75, 3.05) is 19.6 Å². The number of hydrogen-bond donors (Lipinski definition) is 1. The van der Waals surface area contributed by atoms with Gasteiger partial charge < -0.3 is 5.32 Å². The molecule has 1 saturated heterocycles. The van der Waals surface area contributed by atoms with Crippen molar-refractivity contribution in [3.05, 3.63) is 23.5 Å². The molecule has 1 aliphatic rings. The molecule has 2 aromatic rings. The number of aryl methyl sites for hydroxylation is 2. The Morgan fingerprint density at radius 2 is 2.00 bits per heavy atom. The second kappa shape index (κ2) is 6.51. The van der Waals surface area contributed by atoms with Gasteiger partial charge in [0.15, 0.2) is 5.65 Å². The molecular weight excluding hydrogens is 302 g/mol. The number of nitrogens with one attached hydrogen (secondary N) is 1. The Bertz CT molecular complexity index is 743. The van der Waals surface area contributed by atoms with E-state index in [1.54, 1.807) is 10.9 Å². The van der Waals surface area contributed by atoms with Crippen LogP contribution >= 0.6 is 0 Å². The molecule has 2 aromatic heterocycles. The lowest BCUT2D eigenvalue weighted by molar-refractivity contribution is 0.0797. The van der Waals surface area contributed by atoms with Crippen LogP contribution in [-0.4, -0.2) is 50.7 Å². The number of pyridine rings is 1. The van der Waals surface area contributed by atoms with E-state index in [1.807, 2.05) is 20.0 Å². The Balaban J connectivity index is 1.69. The zero-order valence-corrected chi connectivity index (χ0v) is 15.1. The maximum Gasteiger partial charge on any atom is 0.252 e. The molecule has 6 nitrogen and oxygen atoms in total. The third kappa shape index (κ3) is 3.29. The van der Waals surface area contributed by atoms with E-state index in [-0.39, 0.29) is 11.4 Å². The topological polar surface area (TPSA) is 63.1 Å². The van der Waals surface area contributed by atoms with Gasteiger partial charge in [0.2, 0.25) is 0 Å². The van der Waals surface area contributed by atoms with Crippen LogP contribution in [0.4, 0.5) is 0 Å². The highest BCUT2D eigenvalue weighted by Crippen LogP contribution is 2.20. The van der Waals surface area contributed by atoms with Crippen molar-refractivity contribution < 1.29 is 4.79 Å². The average Bonchev–Trinajstić information content (AvgIpc) is 2.87. The van der Waals surface area contributed by atoms with Crippen molar-refractivity contribution >= 4 is 16.9 Å². The van der Waals surface area contributed by atoms with Gasteiger partial charge >= 0.3 is 0 Å². The number of piperidine rings is 1. The second-order valence-corrected chi connectivity index (χ2v) is 7.35. The third-order valence-electron chi connectivity index (χ3n) is 5.02. The SMILES string of the molecule is Cc1nn(C)c2ncc(C(=O)NCC(C)(C)N3CCCCC3)cc12. The summed E-state index contributed by atoms with van der Waals surface area (Å²) in [7, 11) is 1.86. The molecule has 130 valence electrons. The molecule has 1 amide bonds. The summed E-state index contributed by atoms with van der Waals surface area (Å²) in [5, 5.41) is 8.36. The van der Waals surface area contributed by atoms with E-state index < -0.39 is 0 Å². The summed E-state index contributed by atoms with van der Waals surface area (Å²) in [4.78, 5) is 19.4. The molecule has 0 aromatic carbocycles. The van der Waals surface area contributed by atoms with Crippen LogP contribution in [0.15, 0.2) is 12.3 Å². The van der Waals surface area contributed by atoms with Gasteiger partial charge in [-0.2, -0.15) is 5.10 Å². The average molecular weight is 329 g/mol. The first kappa shape index (κ1) is 16.9. The van der Waals surface area contributed by atoms with E-state index in [2.05, 4.69) is 34.1 Å². The molecular formula is C18H27N5O. The Morgan fingerprint density at radius 3 is 2.71 bits per heavy atom. The van der Waals surface area contributed by atoms with Gasteiger partial charge in [-0.3, -0.25) is 14.4 Å². The molecule has 1 fully saturated rings. The maximum absolute atomic E-state index is 12.5. The fraction of sp³-hybridized carbons (Fsp3) is 0.611. The largest absolute Gasteiger partial charge is 0.350 e. The first-order valence-electron chi connectivity index (χ1n) is 8.71. The van der Waals surface area contributed by atoms with Crippen molar-refractivity contribution in [3.63, 3.8) is 0 Å². The second-order valence-electron chi connectivity index (χ2n) is 7.35. The number of likely N-dealkylation sites (tertiary alicyclic amines) is 1. The van der Waals surface area contributed by atoms with Crippen molar-refractivity contribution in [2.24, 2.45) is 7.05 Å². The summed E-state index contributed by atoms with van der Waals surface area (Å²) in [6.07, 6.45) is 5.44. The molecule has 0 aliphatic carbocycles. The predicted octanol–water partition coefficient (Wildman–Crippen LogP) is 2.27. The Hall–Kier alpha value is -1.95. The van der Waals surface area contributed by atoms with Crippen molar-refractivity contribution in [1.29, 1.82) is 0 Å². The molecule has 0 atom stereocenters. The number of carbonyl (C=O) groups is 1. The number of rotatable bonds is 4. The molecule has 0 bridgehead atoms. The first-order valence-corrected chi connectivity index (χ1v) is 8.71. The zero-order chi connectivity index (χ0) is 17.3.